The van der Waals surface area contributed by atoms with E-state index in [0.29, 0.717) is 10.9 Å². The molecule has 2 aromatic carbocycles. The summed E-state index contributed by atoms with van der Waals surface area (Å²) in [4.78, 5) is 2.43. The van der Waals surface area contributed by atoms with Crippen LogP contribution >= 0.6 is 11.6 Å². The SMILES string of the molecule is COc1cc2c(cc1Cl)CCN(C)C2c1ccccc1C(C)C. The molecule has 23 heavy (non-hydrogen) atoms. The quantitative estimate of drug-likeness (QED) is 0.781. The lowest BCUT2D eigenvalue weighted by atomic mass is 9.84. The second-order valence-electron chi connectivity index (χ2n) is 6.60. The van der Waals surface area contributed by atoms with E-state index in [-0.39, 0.29) is 6.04 Å². The Kier molecular flexibility index (Phi) is 4.65. The van der Waals surface area contributed by atoms with Crippen LogP contribution in [0.4, 0.5) is 0 Å². The molecule has 0 fully saturated rings. The summed E-state index contributed by atoms with van der Waals surface area (Å²) in [5.74, 6) is 1.26. The number of fused-ring (bicyclic) bond motifs is 1. The van der Waals surface area contributed by atoms with Gasteiger partial charge in [0.1, 0.15) is 5.75 Å². The standard InChI is InChI=1S/C20H24ClNO/c1-13(2)15-7-5-6-8-16(15)20-17-12-19(23-4)18(21)11-14(17)9-10-22(20)3/h5-8,11-13,20H,9-10H2,1-4H3. The summed E-state index contributed by atoms with van der Waals surface area (Å²) in [7, 11) is 3.88. The van der Waals surface area contributed by atoms with Gasteiger partial charge in [-0.05, 0) is 53.8 Å². The molecule has 3 heteroatoms. The van der Waals surface area contributed by atoms with Crippen molar-refractivity contribution in [3.05, 3.63) is 63.7 Å². The maximum absolute atomic E-state index is 6.33. The first-order chi connectivity index (χ1) is 11.0. The zero-order valence-electron chi connectivity index (χ0n) is 14.3. The molecule has 0 spiro atoms. The molecule has 0 aliphatic carbocycles. The molecular weight excluding hydrogens is 306 g/mol. The summed E-state index contributed by atoms with van der Waals surface area (Å²) in [5.41, 5.74) is 5.44. The number of hydrogen-bond acceptors (Lipinski definition) is 2. The fourth-order valence-corrected chi connectivity index (χ4v) is 3.86. The van der Waals surface area contributed by atoms with Gasteiger partial charge in [-0.3, -0.25) is 4.90 Å². The van der Waals surface area contributed by atoms with Gasteiger partial charge in [-0.1, -0.05) is 49.7 Å². The molecule has 0 radical (unpaired) electrons. The van der Waals surface area contributed by atoms with Gasteiger partial charge in [0.05, 0.1) is 18.2 Å². The fraction of sp³-hybridized carbons (Fsp3) is 0.400. The van der Waals surface area contributed by atoms with Crippen molar-refractivity contribution < 1.29 is 4.74 Å². The minimum absolute atomic E-state index is 0.253. The molecule has 1 unspecified atom stereocenters. The van der Waals surface area contributed by atoms with Gasteiger partial charge in [-0.2, -0.15) is 0 Å². The van der Waals surface area contributed by atoms with Crippen LogP contribution in [-0.4, -0.2) is 25.6 Å². The van der Waals surface area contributed by atoms with E-state index in [9.17, 15) is 0 Å². The molecule has 1 aliphatic rings. The Balaban J connectivity index is 2.18. The minimum Gasteiger partial charge on any atom is -0.495 e. The Morgan fingerprint density at radius 3 is 2.61 bits per heavy atom. The van der Waals surface area contributed by atoms with Gasteiger partial charge >= 0.3 is 0 Å². The van der Waals surface area contributed by atoms with Crippen LogP contribution in [0.2, 0.25) is 5.02 Å². The van der Waals surface area contributed by atoms with Crippen LogP contribution in [0.15, 0.2) is 36.4 Å². The first kappa shape index (κ1) is 16.4. The number of ether oxygens (including phenoxy) is 1. The smallest absolute Gasteiger partial charge is 0.137 e. The highest BCUT2D eigenvalue weighted by molar-refractivity contribution is 6.32. The third-order valence-electron chi connectivity index (χ3n) is 4.80. The Labute approximate surface area is 144 Å². The number of benzene rings is 2. The Morgan fingerprint density at radius 1 is 1.17 bits per heavy atom. The number of rotatable bonds is 3. The van der Waals surface area contributed by atoms with Gasteiger partial charge in [0.25, 0.3) is 0 Å². The molecule has 2 aromatic rings. The van der Waals surface area contributed by atoms with Gasteiger partial charge < -0.3 is 4.74 Å². The summed E-state index contributed by atoms with van der Waals surface area (Å²) in [6, 6.07) is 13.2. The first-order valence-corrected chi connectivity index (χ1v) is 8.56. The van der Waals surface area contributed by atoms with Crippen LogP contribution in [0.1, 0.15) is 48.1 Å². The van der Waals surface area contributed by atoms with Crippen molar-refractivity contribution in [2.24, 2.45) is 0 Å². The summed E-state index contributed by atoms with van der Waals surface area (Å²) in [6.45, 7) is 5.54. The summed E-state index contributed by atoms with van der Waals surface area (Å²) in [6.07, 6.45) is 1.02. The van der Waals surface area contributed by atoms with Crippen LogP contribution in [0.3, 0.4) is 0 Å². The van der Waals surface area contributed by atoms with Crippen LogP contribution < -0.4 is 4.74 Å². The van der Waals surface area contributed by atoms with Gasteiger partial charge in [0.2, 0.25) is 0 Å². The minimum atomic E-state index is 0.253. The highest BCUT2D eigenvalue weighted by Crippen LogP contribution is 2.41. The highest BCUT2D eigenvalue weighted by atomic mass is 35.5. The van der Waals surface area contributed by atoms with Crippen LogP contribution in [-0.2, 0) is 6.42 Å². The Morgan fingerprint density at radius 2 is 1.91 bits per heavy atom. The molecule has 2 nitrogen and oxygen atoms in total. The molecule has 122 valence electrons. The zero-order chi connectivity index (χ0) is 16.6. The van der Waals surface area contributed by atoms with Gasteiger partial charge in [0.15, 0.2) is 0 Å². The average Bonchev–Trinajstić information content (AvgIpc) is 2.54. The number of nitrogens with zero attached hydrogens (tertiary/aromatic N) is 1. The summed E-state index contributed by atoms with van der Waals surface area (Å²) >= 11 is 6.33. The van der Waals surface area contributed by atoms with Crippen molar-refractivity contribution in [3.63, 3.8) is 0 Å². The topological polar surface area (TPSA) is 12.5 Å². The van der Waals surface area contributed by atoms with E-state index in [1.165, 1.54) is 22.3 Å². The third kappa shape index (κ3) is 2.98. The van der Waals surface area contributed by atoms with E-state index in [1.54, 1.807) is 7.11 Å². The van der Waals surface area contributed by atoms with Crippen LogP contribution in [0.25, 0.3) is 0 Å². The van der Waals surface area contributed by atoms with Crippen molar-refractivity contribution in [1.29, 1.82) is 0 Å². The highest BCUT2D eigenvalue weighted by Gasteiger charge is 2.29. The van der Waals surface area contributed by atoms with E-state index in [2.05, 4.69) is 62.2 Å². The van der Waals surface area contributed by atoms with Crippen molar-refractivity contribution in [2.75, 3.05) is 20.7 Å². The van der Waals surface area contributed by atoms with Crippen molar-refractivity contribution >= 4 is 11.6 Å². The summed E-state index contributed by atoms with van der Waals surface area (Å²) in [5, 5.41) is 0.701. The van der Waals surface area contributed by atoms with E-state index in [4.69, 9.17) is 16.3 Å². The molecule has 0 aromatic heterocycles. The van der Waals surface area contributed by atoms with E-state index >= 15 is 0 Å². The molecule has 0 N–H and O–H groups in total. The largest absolute Gasteiger partial charge is 0.495 e. The van der Waals surface area contributed by atoms with E-state index in [0.717, 1.165) is 18.7 Å². The third-order valence-corrected chi connectivity index (χ3v) is 5.09. The molecule has 0 amide bonds. The predicted octanol–water partition coefficient (Wildman–Crippen LogP) is 5.05. The molecule has 0 saturated carbocycles. The zero-order valence-corrected chi connectivity index (χ0v) is 15.0. The number of hydrogen-bond donors (Lipinski definition) is 0. The monoisotopic (exact) mass is 329 g/mol. The average molecular weight is 330 g/mol. The van der Waals surface area contributed by atoms with Crippen molar-refractivity contribution in [3.8, 4) is 5.75 Å². The lowest BCUT2D eigenvalue weighted by molar-refractivity contribution is 0.262. The lowest BCUT2D eigenvalue weighted by Crippen LogP contribution is -2.33. The molecule has 0 saturated heterocycles. The maximum Gasteiger partial charge on any atom is 0.137 e. The maximum atomic E-state index is 6.33. The Bertz CT molecular complexity index is 711. The molecular formula is C20H24ClNO. The number of halogens is 1. The van der Waals surface area contributed by atoms with Gasteiger partial charge in [-0.15, -0.1) is 0 Å². The van der Waals surface area contributed by atoms with Crippen molar-refractivity contribution in [1.82, 2.24) is 4.90 Å². The van der Waals surface area contributed by atoms with Gasteiger partial charge in [0, 0.05) is 6.54 Å². The van der Waals surface area contributed by atoms with Crippen molar-refractivity contribution in [2.45, 2.75) is 32.2 Å². The van der Waals surface area contributed by atoms with E-state index in [1.807, 2.05) is 0 Å². The fourth-order valence-electron chi connectivity index (χ4n) is 3.59. The van der Waals surface area contributed by atoms with Crippen LogP contribution in [0, 0.1) is 0 Å². The molecule has 0 bridgehead atoms. The van der Waals surface area contributed by atoms with Gasteiger partial charge in [-0.25, -0.2) is 0 Å². The molecule has 1 aliphatic heterocycles. The van der Waals surface area contributed by atoms with E-state index < -0.39 is 0 Å². The predicted molar refractivity (Wildman–Crippen MR) is 96.7 cm³/mol. The Hall–Kier alpha value is -1.51. The molecule has 1 atom stereocenters. The first-order valence-electron chi connectivity index (χ1n) is 8.18. The van der Waals surface area contributed by atoms with Crippen LogP contribution in [0.5, 0.6) is 5.75 Å². The second kappa shape index (κ2) is 6.54. The molecule has 1 heterocycles. The lowest BCUT2D eigenvalue weighted by Gasteiger charge is -2.37. The molecule has 3 rings (SSSR count). The second-order valence-corrected chi connectivity index (χ2v) is 7.01. The number of likely N-dealkylation sites (N-methyl/N-ethyl adjacent to an activating group) is 1. The normalized spacial score (nSPS) is 18.1. The number of methoxy groups -OCH3 is 1. The summed E-state index contributed by atoms with van der Waals surface area (Å²) < 4.78 is 5.46.